The van der Waals surface area contributed by atoms with E-state index in [2.05, 4.69) is 0 Å². The number of phenols is 1. The van der Waals surface area contributed by atoms with Crippen molar-refractivity contribution in [3.8, 4) is 5.75 Å². The standard InChI is InChI=1S/C21H16O3/c22-15-8-6-13(7-9-15)17-12-18-19(10-16(23)11-20(18)24)21(17)14-4-2-1-3-5-14/h1-9,12,18,22H,10-11H2. The highest BCUT2D eigenvalue weighted by Gasteiger charge is 2.37. The van der Waals surface area contributed by atoms with Crippen LogP contribution in [-0.4, -0.2) is 16.7 Å². The number of allylic oxidation sites excluding steroid dienone is 4. The number of carbonyl (C=O) groups is 2. The highest BCUT2D eigenvalue weighted by atomic mass is 16.3. The van der Waals surface area contributed by atoms with Gasteiger partial charge in [0.05, 0.1) is 12.3 Å². The molecule has 1 unspecified atom stereocenters. The molecule has 2 aliphatic rings. The maximum Gasteiger partial charge on any atom is 0.151 e. The Hall–Kier alpha value is -2.94. The summed E-state index contributed by atoms with van der Waals surface area (Å²) in [5.74, 6) is -0.139. The molecule has 1 saturated carbocycles. The predicted molar refractivity (Wildman–Crippen MR) is 92.2 cm³/mol. The third-order valence-corrected chi connectivity index (χ3v) is 4.65. The van der Waals surface area contributed by atoms with Crippen LogP contribution in [-0.2, 0) is 9.59 Å². The number of phenolic OH excluding ortho intramolecular Hbond substituents is 1. The van der Waals surface area contributed by atoms with Gasteiger partial charge in [-0.1, -0.05) is 48.5 Å². The number of hydrogen-bond donors (Lipinski definition) is 1. The summed E-state index contributed by atoms with van der Waals surface area (Å²) >= 11 is 0. The Labute approximate surface area is 139 Å². The van der Waals surface area contributed by atoms with Gasteiger partial charge in [0, 0.05) is 6.42 Å². The van der Waals surface area contributed by atoms with Gasteiger partial charge in [-0.25, -0.2) is 0 Å². The first-order valence-corrected chi connectivity index (χ1v) is 7.98. The number of Topliss-reactive ketones (excluding diaryl/α,β-unsaturated/α-hetero) is 2. The molecule has 0 heterocycles. The Kier molecular flexibility index (Phi) is 3.42. The van der Waals surface area contributed by atoms with Crippen molar-refractivity contribution < 1.29 is 14.7 Å². The number of rotatable bonds is 2. The normalized spacial score (nSPS) is 20.2. The van der Waals surface area contributed by atoms with Gasteiger partial charge in [0.2, 0.25) is 0 Å². The first kappa shape index (κ1) is 14.6. The number of aromatic hydroxyl groups is 1. The molecular formula is C21H16O3. The van der Waals surface area contributed by atoms with E-state index >= 15 is 0 Å². The molecule has 4 rings (SSSR count). The van der Waals surface area contributed by atoms with Crippen molar-refractivity contribution in [3.05, 3.63) is 77.4 Å². The molecule has 1 fully saturated rings. The molecule has 1 atom stereocenters. The molecule has 24 heavy (non-hydrogen) atoms. The quantitative estimate of drug-likeness (QED) is 0.858. The smallest absolute Gasteiger partial charge is 0.151 e. The Morgan fingerprint density at radius 1 is 0.833 bits per heavy atom. The van der Waals surface area contributed by atoms with Crippen LogP contribution in [0.25, 0.3) is 11.1 Å². The molecule has 0 aromatic heterocycles. The van der Waals surface area contributed by atoms with Crippen LogP contribution in [0, 0.1) is 5.92 Å². The van der Waals surface area contributed by atoms with Gasteiger partial charge in [-0.2, -0.15) is 0 Å². The second-order valence-electron chi connectivity index (χ2n) is 6.23. The summed E-state index contributed by atoms with van der Waals surface area (Å²) in [5.41, 5.74) is 4.80. The Balaban J connectivity index is 1.91. The van der Waals surface area contributed by atoms with Crippen LogP contribution in [0.4, 0.5) is 0 Å². The minimum absolute atomic E-state index is 0.0139. The zero-order valence-corrected chi connectivity index (χ0v) is 13.0. The molecule has 0 bridgehead atoms. The van der Waals surface area contributed by atoms with E-state index in [1.165, 1.54) is 0 Å². The fourth-order valence-electron chi connectivity index (χ4n) is 3.57. The number of carbonyl (C=O) groups excluding carboxylic acids is 2. The number of ketones is 2. The van der Waals surface area contributed by atoms with Gasteiger partial charge < -0.3 is 5.11 Å². The molecule has 0 spiro atoms. The lowest BCUT2D eigenvalue weighted by Gasteiger charge is -2.19. The fraction of sp³-hybridized carbons (Fsp3) is 0.143. The maximum atomic E-state index is 12.4. The summed E-state index contributed by atoms with van der Waals surface area (Å²) in [6.45, 7) is 0. The third-order valence-electron chi connectivity index (χ3n) is 4.65. The minimum atomic E-state index is -0.304. The van der Waals surface area contributed by atoms with Crippen LogP contribution in [0.1, 0.15) is 24.0 Å². The maximum absolute atomic E-state index is 12.4. The molecule has 3 nitrogen and oxygen atoms in total. The van der Waals surface area contributed by atoms with Crippen molar-refractivity contribution >= 4 is 22.7 Å². The van der Waals surface area contributed by atoms with E-state index in [1.54, 1.807) is 12.1 Å². The summed E-state index contributed by atoms with van der Waals surface area (Å²) in [4.78, 5) is 24.3. The first-order chi connectivity index (χ1) is 11.6. The van der Waals surface area contributed by atoms with Crippen molar-refractivity contribution in [2.45, 2.75) is 12.8 Å². The zero-order chi connectivity index (χ0) is 16.7. The van der Waals surface area contributed by atoms with E-state index in [1.807, 2.05) is 48.5 Å². The van der Waals surface area contributed by atoms with Gasteiger partial charge in [-0.15, -0.1) is 0 Å². The van der Waals surface area contributed by atoms with E-state index in [4.69, 9.17) is 0 Å². The van der Waals surface area contributed by atoms with Crippen LogP contribution < -0.4 is 0 Å². The van der Waals surface area contributed by atoms with Crippen molar-refractivity contribution in [1.82, 2.24) is 0 Å². The van der Waals surface area contributed by atoms with Crippen molar-refractivity contribution in [1.29, 1.82) is 0 Å². The summed E-state index contributed by atoms with van der Waals surface area (Å²) in [5, 5.41) is 9.54. The first-order valence-electron chi connectivity index (χ1n) is 7.98. The molecule has 0 aliphatic heterocycles. The number of hydrogen-bond acceptors (Lipinski definition) is 3. The van der Waals surface area contributed by atoms with Crippen molar-refractivity contribution in [2.24, 2.45) is 5.92 Å². The van der Waals surface area contributed by atoms with E-state index in [9.17, 15) is 14.7 Å². The van der Waals surface area contributed by atoms with Gasteiger partial charge in [0.15, 0.2) is 5.78 Å². The molecule has 0 radical (unpaired) electrons. The lowest BCUT2D eigenvalue weighted by Crippen LogP contribution is -2.24. The average molecular weight is 316 g/mol. The van der Waals surface area contributed by atoms with Gasteiger partial charge in [-0.05, 0) is 40.0 Å². The van der Waals surface area contributed by atoms with Gasteiger partial charge in [0.25, 0.3) is 0 Å². The molecule has 1 N–H and O–H groups in total. The second-order valence-corrected chi connectivity index (χ2v) is 6.23. The number of benzene rings is 2. The van der Waals surface area contributed by atoms with E-state index in [0.717, 1.165) is 27.8 Å². The largest absolute Gasteiger partial charge is 0.508 e. The van der Waals surface area contributed by atoms with Crippen molar-refractivity contribution in [3.63, 3.8) is 0 Å². The van der Waals surface area contributed by atoms with Gasteiger partial charge in [-0.3, -0.25) is 9.59 Å². The molecular weight excluding hydrogens is 300 g/mol. The van der Waals surface area contributed by atoms with Gasteiger partial charge in [0.1, 0.15) is 11.5 Å². The summed E-state index contributed by atoms with van der Waals surface area (Å²) in [7, 11) is 0. The van der Waals surface area contributed by atoms with Crippen LogP contribution in [0.2, 0.25) is 0 Å². The topological polar surface area (TPSA) is 54.4 Å². The third kappa shape index (κ3) is 2.38. The summed E-state index contributed by atoms with van der Waals surface area (Å²) in [6, 6.07) is 16.8. The van der Waals surface area contributed by atoms with Crippen LogP contribution >= 0.6 is 0 Å². The van der Waals surface area contributed by atoms with Crippen LogP contribution in [0.3, 0.4) is 0 Å². The van der Waals surface area contributed by atoms with Crippen LogP contribution in [0.15, 0.2) is 66.2 Å². The Morgan fingerprint density at radius 2 is 1.54 bits per heavy atom. The lowest BCUT2D eigenvalue weighted by atomic mass is 9.82. The Morgan fingerprint density at radius 3 is 2.25 bits per heavy atom. The summed E-state index contributed by atoms with van der Waals surface area (Å²) < 4.78 is 0. The molecule has 3 heteroatoms. The fourth-order valence-corrected chi connectivity index (χ4v) is 3.57. The second kappa shape index (κ2) is 5.60. The van der Waals surface area contributed by atoms with E-state index in [-0.39, 0.29) is 29.7 Å². The zero-order valence-electron chi connectivity index (χ0n) is 13.0. The average Bonchev–Trinajstić information content (AvgIpc) is 2.96. The molecule has 2 aromatic rings. The predicted octanol–water partition coefficient (Wildman–Crippen LogP) is 3.79. The molecule has 0 amide bonds. The van der Waals surface area contributed by atoms with Crippen LogP contribution in [0.5, 0.6) is 5.75 Å². The number of fused-ring (bicyclic) bond motifs is 1. The summed E-state index contributed by atoms with van der Waals surface area (Å²) in [6.07, 6.45) is 2.33. The highest BCUT2D eigenvalue weighted by Crippen LogP contribution is 2.46. The lowest BCUT2D eigenvalue weighted by molar-refractivity contribution is -0.129. The monoisotopic (exact) mass is 316 g/mol. The molecule has 2 aliphatic carbocycles. The SMILES string of the molecule is O=C1CC(=O)C2C=C(c3ccc(O)cc3)C(c3ccccc3)=C2C1. The van der Waals surface area contributed by atoms with Crippen molar-refractivity contribution in [2.75, 3.05) is 0 Å². The molecule has 2 aromatic carbocycles. The molecule has 118 valence electrons. The van der Waals surface area contributed by atoms with Gasteiger partial charge >= 0.3 is 0 Å². The molecule has 0 saturated heterocycles. The van der Waals surface area contributed by atoms with E-state index < -0.39 is 0 Å². The Bertz CT molecular complexity index is 886. The highest BCUT2D eigenvalue weighted by molar-refractivity contribution is 6.17. The van der Waals surface area contributed by atoms with E-state index in [0.29, 0.717) is 6.42 Å². The minimum Gasteiger partial charge on any atom is -0.508 e.